The van der Waals surface area contributed by atoms with Crippen molar-refractivity contribution >= 4 is 23.1 Å². The number of pyridine rings is 1. The van der Waals surface area contributed by atoms with Gasteiger partial charge in [-0.15, -0.1) is 0 Å². The SMILES string of the molecule is CN(CC(=O)Nc1ccc(N2CCNCC2)nc1)c1ccc(C#N)cc1F. The largest absolute Gasteiger partial charge is 0.363 e. The Bertz CT molecular complexity index is 842. The van der Waals surface area contributed by atoms with Gasteiger partial charge in [0.1, 0.15) is 11.6 Å². The van der Waals surface area contributed by atoms with Crippen LogP contribution in [0.5, 0.6) is 0 Å². The second kappa shape index (κ2) is 8.47. The van der Waals surface area contributed by atoms with E-state index >= 15 is 0 Å². The second-order valence-electron chi connectivity index (χ2n) is 6.32. The van der Waals surface area contributed by atoms with Crippen molar-refractivity contribution in [3.8, 4) is 6.07 Å². The molecule has 7 nitrogen and oxygen atoms in total. The van der Waals surface area contributed by atoms with Crippen LogP contribution in [-0.4, -0.2) is 50.7 Å². The third-order valence-corrected chi connectivity index (χ3v) is 4.34. The number of benzene rings is 1. The lowest BCUT2D eigenvalue weighted by Gasteiger charge is -2.28. The van der Waals surface area contributed by atoms with Crippen LogP contribution >= 0.6 is 0 Å². The molecule has 0 atom stereocenters. The molecule has 27 heavy (non-hydrogen) atoms. The van der Waals surface area contributed by atoms with Gasteiger partial charge in [-0.25, -0.2) is 9.37 Å². The lowest BCUT2D eigenvalue weighted by Crippen LogP contribution is -2.43. The third-order valence-electron chi connectivity index (χ3n) is 4.34. The molecule has 0 unspecified atom stereocenters. The molecule has 1 aromatic carbocycles. The van der Waals surface area contributed by atoms with Crippen molar-refractivity contribution in [1.29, 1.82) is 5.26 Å². The van der Waals surface area contributed by atoms with Crippen LogP contribution in [0.3, 0.4) is 0 Å². The predicted octanol–water partition coefficient (Wildman–Crippen LogP) is 1.58. The van der Waals surface area contributed by atoms with Crippen molar-refractivity contribution < 1.29 is 9.18 Å². The third kappa shape index (κ3) is 4.71. The van der Waals surface area contributed by atoms with Gasteiger partial charge in [-0.3, -0.25) is 4.79 Å². The Morgan fingerprint density at radius 3 is 2.78 bits per heavy atom. The molecule has 0 radical (unpaired) electrons. The molecule has 2 heterocycles. The monoisotopic (exact) mass is 368 g/mol. The Morgan fingerprint density at radius 2 is 2.15 bits per heavy atom. The number of piperazine rings is 1. The van der Waals surface area contributed by atoms with Crippen molar-refractivity contribution in [1.82, 2.24) is 10.3 Å². The fraction of sp³-hybridized carbons (Fsp3) is 0.316. The van der Waals surface area contributed by atoms with Crippen LogP contribution in [0, 0.1) is 17.1 Å². The summed E-state index contributed by atoms with van der Waals surface area (Å²) in [6, 6.07) is 9.74. The minimum Gasteiger partial charge on any atom is -0.363 e. The van der Waals surface area contributed by atoms with Crippen molar-refractivity contribution in [2.24, 2.45) is 0 Å². The summed E-state index contributed by atoms with van der Waals surface area (Å²) in [5.74, 6) is 0.0654. The molecular weight excluding hydrogens is 347 g/mol. The van der Waals surface area contributed by atoms with Crippen LogP contribution in [-0.2, 0) is 4.79 Å². The maximum Gasteiger partial charge on any atom is 0.243 e. The van der Waals surface area contributed by atoms with Crippen LogP contribution in [0.4, 0.5) is 21.6 Å². The summed E-state index contributed by atoms with van der Waals surface area (Å²) in [6.07, 6.45) is 1.62. The van der Waals surface area contributed by atoms with Crippen molar-refractivity contribution in [3.63, 3.8) is 0 Å². The quantitative estimate of drug-likeness (QED) is 0.834. The van der Waals surface area contributed by atoms with Gasteiger partial charge in [0.15, 0.2) is 0 Å². The minimum atomic E-state index is -0.536. The topological polar surface area (TPSA) is 84.3 Å². The number of carbonyl (C=O) groups is 1. The number of rotatable bonds is 5. The van der Waals surface area contributed by atoms with Gasteiger partial charge >= 0.3 is 0 Å². The normalized spacial score (nSPS) is 13.7. The van der Waals surface area contributed by atoms with Crippen LogP contribution in [0.15, 0.2) is 36.5 Å². The maximum absolute atomic E-state index is 14.0. The Hall–Kier alpha value is -3.18. The van der Waals surface area contributed by atoms with E-state index in [-0.39, 0.29) is 23.7 Å². The molecule has 2 N–H and O–H groups in total. The average molecular weight is 368 g/mol. The van der Waals surface area contributed by atoms with Gasteiger partial charge in [0.2, 0.25) is 5.91 Å². The van der Waals surface area contributed by atoms with Gasteiger partial charge < -0.3 is 20.4 Å². The molecule has 3 rings (SSSR count). The first-order valence-corrected chi connectivity index (χ1v) is 8.69. The number of hydrogen-bond donors (Lipinski definition) is 2. The molecule has 1 amide bonds. The zero-order valence-corrected chi connectivity index (χ0v) is 15.1. The number of halogens is 1. The molecular formula is C19H21FN6O. The van der Waals surface area contributed by atoms with Crippen LogP contribution in [0.2, 0.25) is 0 Å². The van der Waals surface area contributed by atoms with Gasteiger partial charge in [0, 0.05) is 33.2 Å². The van der Waals surface area contributed by atoms with Crippen LogP contribution < -0.4 is 20.4 Å². The fourth-order valence-corrected chi connectivity index (χ4v) is 2.93. The number of carbonyl (C=O) groups excluding carboxylic acids is 1. The summed E-state index contributed by atoms with van der Waals surface area (Å²) in [5, 5.41) is 14.9. The highest BCUT2D eigenvalue weighted by molar-refractivity contribution is 5.94. The summed E-state index contributed by atoms with van der Waals surface area (Å²) < 4.78 is 14.0. The standard InChI is InChI=1S/C19H21FN6O/c1-25(17-4-2-14(11-21)10-16(17)20)13-19(27)24-15-3-5-18(23-12-15)26-8-6-22-7-9-26/h2-5,10,12,22H,6-9,13H2,1H3,(H,24,27). The number of likely N-dealkylation sites (N-methyl/N-ethyl adjacent to an activating group) is 1. The Labute approximate surface area is 157 Å². The van der Waals surface area contributed by atoms with Crippen molar-refractivity contribution in [3.05, 3.63) is 47.9 Å². The summed E-state index contributed by atoms with van der Waals surface area (Å²) in [7, 11) is 1.62. The molecule has 0 saturated carbocycles. The Kier molecular flexibility index (Phi) is 5.84. The summed E-state index contributed by atoms with van der Waals surface area (Å²) in [6.45, 7) is 3.64. The summed E-state index contributed by atoms with van der Waals surface area (Å²) >= 11 is 0. The Balaban J connectivity index is 1.58. The van der Waals surface area contributed by atoms with E-state index in [1.165, 1.54) is 17.0 Å². The van der Waals surface area contributed by atoms with Crippen molar-refractivity contribution in [2.45, 2.75) is 0 Å². The number of nitrogens with zero attached hydrogens (tertiary/aromatic N) is 4. The molecule has 0 aliphatic carbocycles. The van der Waals surface area contributed by atoms with E-state index in [1.54, 1.807) is 13.2 Å². The van der Waals surface area contributed by atoms with Gasteiger partial charge in [-0.2, -0.15) is 5.26 Å². The molecule has 0 bridgehead atoms. The average Bonchev–Trinajstić information content (AvgIpc) is 2.69. The van der Waals surface area contributed by atoms with Gasteiger partial charge in [0.05, 0.1) is 35.7 Å². The highest BCUT2D eigenvalue weighted by atomic mass is 19.1. The lowest BCUT2D eigenvalue weighted by atomic mass is 10.2. The molecule has 1 saturated heterocycles. The zero-order valence-electron chi connectivity index (χ0n) is 15.1. The molecule has 1 aliphatic rings. The number of amides is 1. The highest BCUT2D eigenvalue weighted by Gasteiger charge is 2.14. The van der Waals surface area contributed by atoms with Crippen molar-refractivity contribution in [2.75, 3.05) is 54.9 Å². The number of aromatic nitrogens is 1. The van der Waals surface area contributed by atoms with E-state index in [4.69, 9.17) is 5.26 Å². The predicted molar refractivity (Wildman–Crippen MR) is 102 cm³/mol. The highest BCUT2D eigenvalue weighted by Crippen LogP contribution is 2.19. The van der Waals surface area contributed by atoms with Crippen LogP contribution in [0.25, 0.3) is 0 Å². The van der Waals surface area contributed by atoms with Gasteiger partial charge in [-0.1, -0.05) is 0 Å². The minimum absolute atomic E-state index is 0.0254. The second-order valence-corrected chi connectivity index (χ2v) is 6.32. The van der Waals surface area contributed by atoms with E-state index in [0.717, 1.165) is 38.1 Å². The maximum atomic E-state index is 14.0. The Morgan fingerprint density at radius 1 is 1.37 bits per heavy atom. The first-order chi connectivity index (χ1) is 13.1. The molecule has 1 fully saturated rings. The van der Waals surface area contributed by atoms with E-state index in [1.807, 2.05) is 18.2 Å². The van der Waals surface area contributed by atoms with E-state index in [0.29, 0.717) is 5.69 Å². The number of hydrogen-bond acceptors (Lipinski definition) is 6. The molecule has 1 aliphatic heterocycles. The molecule has 140 valence electrons. The smallest absolute Gasteiger partial charge is 0.243 e. The van der Waals surface area contributed by atoms with E-state index in [9.17, 15) is 9.18 Å². The molecule has 2 aromatic rings. The lowest BCUT2D eigenvalue weighted by molar-refractivity contribution is -0.114. The van der Waals surface area contributed by atoms with Gasteiger partial charge in [0.25, 0.3) is 0 Å². The number of nitriles is 1. The zero-order chi connectivity index (χ0) is 19.2. The molecule has 1 aromatic heterocycles. The molecule has 0 spiro atoms. The van der Waals surface area contributed by atoms with Crippen LogP contribution in [0.1, 0.15) is 5.56 Å². The molecule has 8 heteroatoms. The van der Waals surface area contributed by atoms with Gasteiger partial charge in [-0.05, 0) is 30.3 Å². The summed E-state index contributed by atoms with van der Waals surface area (Å²) in [5.41, 5.74) is 1.09. The van der Waals surface area contributed by atoms with E-state index < -0.39 is 5.82 Å². The number of anilines is 3. The first kappa shape index (κ1) is 18.6. The number of nitrogens with one attached hydrogen (secondary N) is 2. The fourth-order valence-electron chi connectivity index (χ4n) is 2.93. The van der Waals surface area contributed by atoms with E-state index in [2.05, 4.69) is 20.5 Å². The first-order valence-electron chi connectivity index (χ1n) is 8.69. The summed E-state index contributed by atoms with van der Waals surface area (Å²) in [4.78, 5) is 20.3.